The van der Waals surface area contributed by atoms with Gasteiger partial charge in [-0.15, -0.1) is 0 Å². The largest absolute Gasteiger partial charge is 0.448 e. The number of amides is 1. The first-order valence-electron chi connectivity index (χ1n) is 8.65. The van der Waals surface area contributed by atoms with E-state index in [-0.39, 0.29) is 11.9 Å². The second-order valence-electron chi connectivity index (χ2n) is 6.83. The van der Waals surface area contributed by atoms with E-state index in [1.807, 2.05) is 0 Å². The van der Waals surface area contributed by atoms with Gasteiger partial charge >= 0.3 is 0 Å². The van der Waals surface area contributed by atoms with Crippen LogP contribution in [0.5, 0.6) is 0 Å². The Morgan fingerprint density at radius 2 is 2.14 bits per heavy atom. The number of nitrogens with zero attached hydrogens (tertiary/aromatic N) is 2. The van der Waals surface area contributed by atoms with Crippen LogP contribution >= 0.6 is 0 Å². The van der Waals surface area contributed by atoms with Gasteiger partial charge in [0.05, 0.1) is 0 Å². The SMILES string of the molecule is Cc1ocnc1C(=O)N[C@@H]1CCCN(CC2CCCCC2)C1. The number of carbonyl (C=O) groups excluding carboxylic acids is 1. The predicted octanol–water partition coefficient (Wildman–Crippen LogP) is 2.76. The molecule has 1 aromatic rings. The lowest BCUT2D eigenvalue weighted by Crippen LogP contribution is -2.49. The van der Waals surface area contributed by atoms with Crippen molar-refractivity contribution in [1.82, 2.24) is 15.2 Å². The molecule has 0 unspecified atom stereocenters. The topological polar surface area (TPSA) is 58.4 Å². The summed E-state index contributed by atoms with van der Waals surface area (Å²) in [7, 11) is 0. The molecule has 5 nitrogen and oxygen atoms in total. The van der Waals surface area contributed by atoms with Gasteiger partial charge in [0, 0.05) is 19.1 Å². The monoisotopic (exact) mass is 305 g/mol. The first kappa shape index (κ1) is 15.5. The Balaban J connectivity index is 1.50. The van der Waals surface area contributed by atoms with Crippen LogP contribution in [-0.2, 0) is 0 Å². The molecular weight excluding hydrogens is 278 g/mol. The van der Waals surface area contributed by atoms with Crippen molar-refractivity contribution in [2.45, 2.75) is 57.9 Å². The van der Waals surface area contributed by atoms with Gasteiger partial charge in [-0.05, 0) is 45.1 Å². The Kier molecular flexibility index (Phi) is 5.13. The molecule has 1 aliphatic carbocycles. The molecule has 2 fully saturated rings. The van der Waals surface area contributed by atoms with Gasteiger partial charge < -0.3 is 14.6 Å². The van der Waals surface area contributed by atoms with Crippen LogP contribution in [0.2, 0.25) is 0 Å². The first-order chi connectivity index (χ1) is 10.7. The Labute approximate surface area is 132 Å². The van der Waals surface area contributed by atoms with Crippen LogP contribution in [0.1, 0.15) is 61.2 Å². The van der Waals surface area contributed by atoms with Crippen molar-refractivity contribution >= 4 is 5.91 Å². The van der Waals surface area contributed by atoms with Crippen molar-refractivity contribution in [2.24, 2.45) is 5.92 Å². The quantitative estimate of drug-likeness (QED) is 0.929. The smallest absolute Gasteiger partial charge is 0.273 e. The zero-order valence-corrected chi connectivity index (χ0v) is 13.5. The summed E-state index contributed by atoms with van der Waals surface area (Å²) in [5.41, 5.74) is 0.421. The molecule has 1 saturated carbocycles. The van der Waals surface area contributed by atoms with E-state index in [1.54, 1.807) is 6.92 Å². The highest BCUT2D eigenvalue weighted by Crippen LogP contribution is 2.25. The summed E-state index contributed by atoms with van der Waals surface area (Å²) < 4.78 is 5.11. The number of rotatable bonds is 4. The molecule has 1 amide bonds. The summed E-state index contributed by atoms with van der Waals surface area (Å²) in [4.78, 5) is 18.8. The standard InChI is InChI=1S/C17H27N3O2/c1-13-16(18-12-22-13)17(21)19-15-8-5-9-20(11-15)10-14-6-3-2-4-7-14/h12,14-15H,2-11H2,1H3,(H,19,21)/t15-/m1/s1. The Bertz CT molecular complexity index is 494. The van der Waals surface area contributed by atoms with Crippen LogP contribution in [0.3, 0.4) is 0 Å². The van der Waals surface area contributed by atoms with Crippen LogP contribution in [0.25, 0.3) is 0 Å². The highest BCUT2D eigenvalue weighted by atomic mass is 16.3. The molecule has 1 N–H and O–H groups in total. The number of hydrogen-bond donors (Lipinski definition) is 1. The third kappa shape index (κ3) is 3.88. The van der Waals surface area contributed by atoms with E-state index in [1.165, 1.54) is 51.6 Å². The minimum atomic E-state index is -0.101. The molecular formula is C17H27N3O2. The van der Waals surface area contributed by atoms with Crippen LogP contribution in [0, 0.1) is 12.8 Å². The van der Waals surface area contributed by atoms with Crippen LogP contribution < -0.4 is 5.32 Å². The van der Waals surface area contributed by atoms with Crippen molar-refractivity contribution in [3.8, 4) is 0 Å². The third-order valence-corrected chi connectivity index (χ3v) is 5.04. The van der Waals surface area contributed by atoms with E-state index in [9.17, 15) is 4.79 Å². The molecule has 5 heteroatoms. The molecule has 22 heavy (non-hydrogen) atoms. The molecule has 0 aromatic carbocycles. The molecule has 2 heterocycles. The molecule has 0 bridgehead atoms. The van der Waals surface area contributed by atoms with Crippen LogP contribution in [0.4, 0.5) is 0 Å². The normalized spacial score (nSPS) is 24.3. The molecule has 1 aromatic heterocycles. The van der Waals surface area contributed by atoms with Crippen molar-refractivity contribution in [3.63, 3.8) is 0 Å². The van der Waals surface area contributed by atoms with E-state index in [0.29, 0.717) is 11.5 Å². The van der Waals surface area contributed by atoms with Crippen molar-refractivity contribution < 1.29 is 9.21 Å². The molecule has 1 atom stereocenters. The van der Waals surface area contributed by atoms with E-state index >= 15 is 0 Å². The molecule has 2 aliphatic rings. The summed E-state index contributed by atoms with van der Waals surface area (Å²) in [5, 5.41) is 3.13. The fraction of sp³-hybridized carbons (Fsp3) is 0.765. The fourth-order valence-corrected chi connectivity index (χ4v) is 3.85. The second kappa shape index (κ2) is 7.27. The van der Waals surface area contributed by atoms with Gasteiger partial charge in [-0.2, -0.15) is 0 Å². The maximum atomic E-state index is 12.2. The summed E-state index contributed by atoms with van der Waals surface area (Å²) in [6, 6.07) is 0.237. The molecule has 0 spiro atoms. The summed E-state index contributed by atoms with van der Waals surface area (Å²) >= 11 is 0. The van der Waals surface area contributed by atoms with Crippen LogP contribution in [0.15, 0.2) is 10.8 Å². The number of carbonyl (C=O) groups is 1. The van der Waals surface area contributed by atoms with Gasteiger partial charge in [0.2, 0.25) is 0 Å². The first-order valence-corrected chi connectivity index (χ1v) is 8.65. The van der Waals surface area contributed by atoms with E-state index in [4.69, 9.17) is 4.42 Å². The van der Waals surface area contributed by atoms with Gasteiger partial charge in [-0.25, -0.2) is 4.98 Å². The van der Waals surface area contributed by atoms with Crippen LogP contribution in [-0.4, -0.2) is 41.5 Å². The van der Waals surface area contributed by atoms with Gasteiger partial charge in [0.1, 0.15) is 5.76 Å². The highest BCUT2D eigenvalue weighted by molar-refractivity contribution is 5.93. The lowest BCUT2D eigenvalue weighted by atomic mass is 9.88. The average Bonchev–Trinajstić information content (AvgIpc) is 2.95. The van der Waals surface area contributed by atoms with Gasteiger partial charge in [-0.3, -0.25) is 4.79 Å². The van der Waals surface area contributed by atoms with Crippen molar-refractivity contribution in [3.05, 3.63) is 17.8 Å². The lowest BCUT2D eigenvalue weighted by molar-refractivity contribution is 0.0884. The maximum Gasteiger partial charge on any atom is 0.273 e. The Morgan fingerprint density at radius 1 is 1.32 bits per heavy atom. The zero-order chi connectivity index (χ0) is 15.4. The number of oxazole rings is 1. The molecule has 0 radical (unpaired) electrons. The predicted molar refractivity (Wildman–Crippen MR) is 84.7 cm³/mol. The van der Waals surface area contributed by atoms with Crippen molar-refractivity contribution in [2.75, 3.05) is 19.6 Å². The third-order valence-electron chi connectivity index (χ3n) is 5.04. The average molecular weight is 305 g/mol. The molecule has 1 aliphatic heterocycles. The summed E-state index contributed by atoms with van der Waals surface area (Å²) in [6.45, 7) is 5.12. The number of aromatic nitrogens is 1. The van der Waals surface area contributed by atoms with Gasteiger partial charge in [0.15, 0.2) is 12.1 Å². The zero-order valence-electron chi connectivity index (χ0n) is 13.5. The van der Waals surface area contributed by atoms with Crippen molar-refractivity contribution in [1.29, 1.82) is 0 Å². The number of piperidine rings is 1. The fourth-order valence-electron chi connectivity index (χ4n) is 3.85. The van der Waals surface area contributed by atoms with Gasteiger partial charge in [-0.1, -0.05) is 19.3 Å². The van der Waals surface area contributed by atoms with E-state index < -0.39 is 0 Å². The highest BCUT2D eigenvalue weighted by Gasteiger charge is 2.25. The van der Waals surface area contributed by atoms with Gasteiger partial charge in [0.25, 0.3) is 5.91 Å². The molecule has 122 valence electrons. The summed E-state index contributed by atoms with van der Waals surface area (Å²) in [6.07, 6.45) is 10.5. The number of nitrogens with one attached hydrogen (secondary N) is 1. The molecule has 1 saturated heterocycles. The van der Waals surface area contributed by atoms with E-state index in [0.717, 1.165) is 25.3 Å². The Morgan fingerprint density at radius 3 is 2.86 bits per heavy atom. The Hall–Kier alpha value is -1.36. The lowest BCUT2D eigenvalue weighted by Gasteiger charge is -2.36. The number of aryl methyl sites for hydroxylation is 1. The van der Waals surface area contributed by atoms with E-state index in [2.05, 4.69) is 15.2 Å². The minimum absolute atomic E-state index is 0.101. The minimum Gasteiger partial charge on any atom is -0.448 e. The summed E-state index contributed by atoms with van der Waals surface area (Å²) in [5.74, 6) is 1.35. The number of hydrogen-bond acceptors (Lipinski definition) is 4. The second-order valence-corrected chi connectivity index (χ2v) is 6.83. The number of likely N-dealkylation sites (tertiary alicyclic amines) is 1. The molecule has 3 rings (SSSR count). The maximum absolute atomic E-state index is 12.2.